The monoisotopic (exact) mass is 178 g/mol. The minimum atomic E-state index is 0.112. The minimum Gasteiger partial charge on any atom is -0.321 e. The van der Waals surface area contributed by atoms with Crippen molar-refractivity contribution < 1.29 is 4.79 Å². The predicted molar refractivity (Wildman–Crippen MR) is 50.8 cm³/mol. The summed E-state index contributed by atoms with van der Waals surface area (Å²) in [6, 6.07) is 4.34. The van der Waals surface area contributed by atoms with Gasteiger partial charge in [-0.3, -0.25) is 4.57 Å². The van der Waals surface area contributed by atoms with E-state index in [1.54, 1.807) is 4.57 Å². The second-order valence-corrected chi connectivity index (χ2v) is 3.69. The highest BCUT2D eigenvalue weighted by molar-refractivity contribution is 5.79. The van der Waals surface area contributed by atoms with Crippen LogP contribution < -0.4 is 0 Å². The van der Waals surface area contributed by atoms with Gasteiger partial charge >= 0.3 is 6.03 Å². The lowest BCUT2D eigenvalue weighted by Crippen LogP contribution is -2.44. The van der Waals surface area contributed by atoms with E-state index in [0.717, 1.165) is 18.7 Å². The van der Waals surface area contributed by atoms with E-state index >= 15 is 0 Å². The van der Waals surface area contributed by atoms with E-state index in [0.29, 0.717) is 6.04 Å². The molecule has 1 aliphatic heterocycles. The zero-order chi connectivity index (χ0) is 9.42. The van der Waals surface area contributed by atoms with Crippen molar-refractivity contribution in [1.29, 1.82) is 0 Å². The van der Waals surface area contributed by atoms with E-state index < -0.39 is 0 Å². The summed E-state index contributed by atoms with van der Waals surface area (Å²) in [7, 11) is 0. The van der Waals surface area contributed by atoms with Crippen LogP contribution in [-0.4, -0.2) is 28.1 Å². The summed E-state index contributed by atoms with van der Waals surface area (Å²) in [6.45, 7) is 4.94. The molecule has 2 rings (SSSR count). The van der Waals surface area contributed by atoms with Crippen molar-refractivity contribution >= 4 is 6.03 Å². The summed E-state index contributed by atoms with van der Waals surface area (Å²) >= 11 is 0. The lowest BCUT2D eigenvalue weighted by atomic mass is 10.2. The van der Waals surface area contributed by atoms with Crippen molar-refractivity contribution in [3.8, 4) is 0 Å². The van der Waals surface area contributed by atoms with Crippen LogP contribution in [0.25, 0.3) is 0 Å². The van der Waals surface area contributed by atoms with Crippen molar-refractivity contribution in [2.45, 2.75) is 26.3 Å². The van der Waals surface area contributed by atoms with Crippen LogP contribution in [0, 0.1) is 0 Å². The topological polar surface area (TPSA) is 25.2 Å². The van der Waals surface area contributed by atoms with Crippen molar-refractivity contribution in [3.05, 3.63) is 24.0 Å². The Hall–Kier alpha value is -1.25. The van der Waals surface area contributed by atoms with E-state index in [-0.39, 0.29) is 6.03 Å². The molecule has 0 bridgehead atoms. The average Bonchev–Trinajstić information content (AvgIpc) is 2.52. The molecule has 0 aromatic carbocycles. The first kappa shape index (κ1) is 8.35. The fraction of sp³-hybridized carbons (Fsp3) is 0.500. The summed E-state index contributed by atoms with van der Waals surface area (Å²) in [5.74, 6) is 0. The van der Waals surface area contributed by atoms with Gasteiger partial charge in [0.15, 0.2) is 0 Å². The van der Waals surface area contributed by atoms with Crippen LogP contribution in [0.1, 0.15) is 19.5 Å². The maximum Gasteiger partial charge on any atom is 0.328 e. The third-order valence-corrected chi connectivity index (χ3v) is 2.52. The summed E-state index contributed by atoms with van der Waals surface area (Å²) in [6.07, 6.45) is 2.81. The molecule has 3 heteroatoms. The van der Waals surface area contributed by atoms with Crippen molar-refractivity contribution in [1.82, 2.24) is 9.47 Å². The summed E-state index contributed by atoms with van der Waals surface area (Å²) in [5, 5.41) is 0. The molecule has 70 valence electrons. The van der Waals surface area contributed by atoms with Crippen LogP contribution in [-0.2, 0) is 6.42 Å². The lowest BCUT2D eigenvalue weighted by molar-refractivity contribution is 0.177. The second kappa shape index (κ2) is 2.91. The Labute approximate surface area is 78.0 Å². The van der Waals surface area contributed by atoms with Gasteiger partial charge in [-0.15, -0.1) is 0 Å². The van der Waals surface area contributed by atoms with Gasteiger partial charge < -0.3 is 4.90 Å². The molecule has 0 unspecified atom stereocenters. The molecule has 0 spiro atoms. The second-order valence-electron chi connectivity index (χ2n) is 3.69. The van der Waals surface area contributed by atoms with Crippen LogP contribution in [0.3, 0.4) is 0 Å². The number of nitrogens with zero attached hydrogens (tertiary/aromatic N) is 2. The summed E-state index contributed by atoms with van der Waals surface area (Å²) in [5.41, 5.74) is 1.13. The Balaban J connectivity index is 2.32. The van der Waals surface area contributed by atoms with Crippen molar-refractivity contribution in [2.24, 2.45) is 0 Å². The summed E-state index contributed by atoms with van der Waals surface area (Å²) < 4.78 is 1.74. The van der Waals surface area contributed by atoms with Crippen molar-refractivity contribution in [2.75, 3.05) is 6.54 Å². The highest BCUT2D eigenvalue weighted by Crippen LogP contribution is 2.14. The van der Waals surface area contributed by atoms with Gasteiger partial charge in [-0.25, -0.2) is 4.79 Å². The molecule has 2 heterocycles. The molecule has 1 aliphatic rings. The predicted octanol–water partition coefficient (Wildman–Crippen LogP) is 1.72. The molecule has 1 aromatic rings. The third kappa shape index (κ3) is 1.24. The van der Waals surface area contributed by atoms with E-state index in [1.165, 1.54) is 0 Å². The zero-order valence-electron chi connectivity index (χ0n) is 8.03. The van der Waals surface area contributed by atoms with E-state index in [9.17, 15) is 4.79 Å². The van der Waals surface area contributed by atoms with Crippen molar-refractivity contribution in [3.63, 3.8) is 0 Å². The lowest BCUT2D eigenvalue weighted by Gasteiger charge is -2.31. The number of aromatic nitrogens is 1. The molecule has 0 saturated carbocycles. The van der Waals surface area contributed by atoms with Gasteiger partial charge in [-0.05, 0) is 26.0 Å². The minimum absolute atomic E-state index is 0.112. The van der Waals surface area contributed by atoms with Crippen LogP contribution in [0.15, 0.2) is 18.3 Å². The molecule has 0 saturated heterocycles. The van der Waals surface area contributed by atoms with Gasteiger partial charge in [0.05, 0.1) is 0 Å². The SMILES string of the molecule is CC(C)N1CCc2cccn2C1=O. The molecular formula is C10H14N2O. The molecule has 0 aliphatic carbocycles. The number of carbonyl (C=O) groups excluding carboxylic acids is 1. The Morgan fingerprint density at radius 3 is 2.92 bits per heavy atom. The molecule has 3 nitrogen and oxygen atoms in total. The number of rotatable bonds is 1. The normalized spacial score (nSPS) is 16.5. The molecule has 1 aromatic heterocycles. The van der Waals surface area contributed by atoms with Gasteiger partial charge in [0, 0.05) is 30.9 Å². The van der Waals surface area contributed by atoms with Crippen LogP contribution >= 0.6 is 0 Å². The molecule has 0 atom stereocenters. The zero-order valence-corrected chi connectivity index (χ0v) is 8.03. The maximum atomic E-state index is 11.8. The van der Waals surface area contributed by atoms with E-state index in [1.807, 2.05) is 37.1 Å². The smallest absolute Gasteiger partial charge is 0.321 e. The Bertz CT molecular complexity index is 327. The van der Waals surface area contributed by atoms with E-state index in [4.69, 9.17) is 0 Å². The highest BCUT2D eigenvalue weighted by atomic mass is 16.2. The Morgan fingerprint density at radius 1 is 1.46 bits per heavy atom. The Morgan fingerprint density at radius 2 is 2.23 bits per heavy atom. The number of hydrogen-bond donors (Lipinski definition) is 0. The molecule has 1 amide bonds. The standard InChI is InChI=1S/C10H14N2O/c1-8(2)11-7-5-9-4-3-6-12(9)10(11)13/h3-4,6,8H,5,7H2,1-2H3. The molecule has 0 fully saturated rings. The van der Waals surface area contributed by atoms with E-state index in [2.05, 4.69) is 0 Å². The highest BCUT2D eigenvalue weighted by Gasteiger charge is 2.24. The summed E-state index contributed by atoms with van der Waals surface area (Å²) in [4.78, 5) is 13.7. The number of amides is 1. The van der Waals surface area contributed by atoms with Crippen LogP contribution in [0.2, 0.25) is 0 Å². The fourth-order valence-corrected chi connectivity index (χ4v) is 1.75. The molecule has 13 heavy (non-hydrogen) atoms. The van der Waals surface area contributed by atoms with Gasteiger partial charge in [0.2, 0.25) is 0 Å². The van der Waals surface area contributed by atoms with Crippen LogP contribution in [0.5, 0.6) is 0 Å². The fourth-order valence-electron chi connectivity index (χ4n) is 1.75. The first-order chi connectivity index (χ1) is 6.20. The molecular weight excluding hydrogens is 164 g/mol. The molecule has 0 radical (unpaired) electrons. The third-order valence-electron chi connectivity index (χ3n) is 2.52. The van der Waals surface area contributed by atoms with Crippen LogP contribution in [0.4, 0.5) is 4.79 Å². The van der Waals surface area contributed by atoms with Gasteiger partial charge in [0.25, 0.3) is 0 Å². The largest absolute Gasteiger partial charge is 0.328 e. The number of hydrogen-bond acceptors (Lipinski definition) is 1. The van der Waals surface area contributed by atoms with Gasteiger partial charge in [-0.2, -0.15) is 0 Å². The molecule has 0 N–H and O–H groups in total. The maximum absolute atomic E-state index is 11.8. The number of fused-ring (bicyclic) bond motifs is 1. The Kier molecular flexibility index (Phi) is 1.87. The first-order valence-corrected chi connectivity index (χ1v) is 4.67. The quantitative estimate of drug-likeness (QED) is 0.642. The van der Waals surface area contributed by atoms with Gasteiger partial charge in [-0.1, -0.05) is 0 Å². The number of carbonyl (C=O) groups is 1. The van der Waals surface area contributed by atoms with Gasteiger partial charge in [0.1, 0.15) is 0 Å². The first-order valence-electron chi connectivity index (χ1n) is 4.67. The average molecular weight is 178 g/mol.